The Bertz CT molecular complexity index is 1130. The molecule has 0 aliphatic carbocycles. The zero-order chi connectivity index (χ0) is 20.4. The summed E-state index contributed by atoms with van der Waals surface area (Å²) < 4.78 is 13.0. The monoisotopic (exact) mass is 388 g/mol. The van der Waals surface area contributed by atoms with Gasteiger partial charge in [-0.15, -0.1) is 0 Å². The molecule has 0 amide bonds. The molecule has 4 aromatic rings. The van der Waals surface area contributed by atoms with E-state index in [0.29, 0.717) is 0 Å². The van der Waals surface area contributed by atoms with Gasteiger partial charge >= 0.3 is 0 Å². The molecule has 148 valence electrons. The lowest BCUT2D eigenvalue weighted by Crippen LogP contribution is -2.17. The Morgan fingerprint density at radius 1 is 0.931 bits per heavy atom. The normalized spacial score (nSPS) is 12.0. The number of ether oxygens (including phenoxy) is 2. The molecule has 0 saturated heterocycles. The first-order chi connectivity index (χ1) is 14.1. The van der Waals surface area contributed by atoms with Gasteiger partial charge in [0.2, 0.25) is 0 Å². The van der Waals surface area contributed by atoms with Crippen LogP contribution in [0.1, 0.15) is 23.0 Å². The number of nitrogens with one attached hydrogen (secondary N) is 1. The molecule has 4 rings (SSSR count). The average Bonchev–Trinajstić information content (AvgIpc) is 3.17. The summed E-state index contributed by atoms with van der Waals surface area (Å²) in [6, 6.07) is 13.9. The van der Waals surface area contributed by atoms with E-state index in [1.165, 1.54) is 5.56 Å². The van der Waals surface area contributed by atoms with Crippen LogP contribution in [-0.4, -0.2) is 28.8 Å². The molecule has 0 bridgehead atoms. The third-order valence-electron chi connectivity index (χ3n) is 5.02. The molecular formula is C23H24N4O2. The van der Waals surface area contributed by atoms with Crippen LogP contribution < -0.4 is 14.8 Å². The summed E-state index contributed by atoms with van der Waals surface area (Å²) in [7, 11) is 5.30. The molecule has 0 saturated carbocycles. The number of hydrogen-bond acceptors (Lipinski definition) is 5. The maximum absolute atomic E-state index is 5.49. The molecule has 0 spiro atoms. The van der Waals surface area contributed by atoms with Gasteiger partial charge in [-0.1, -0.05) is 11.6 Å². The molecule has 0 radical (unpaired) electrons. The second kappa shape index (κ2) is 7.83. The number of pyridine rings is 1. The number of aryl methyl sites for hydroxylation is 2. The van der Waals surface area contributed by atoms with Gasteiger partial charge in [-0.05, 0) is 42.8 Å². The molecule has 1 N–H and O–H groups in total. The van der Waals surface area contributed by atoms with Crippen LogP contribution >= 0.6 is 0 Å². The van der Waals surface area contributed by atoms with Crippen molar-refractivity contribution in [1.29, 1.82) is 0 Å². The molecule has 0 aliphatic rings. The van der Waals surface area contributed by atoms with Crippen molar-refractivity contribution in [3.63, 3.8) is 0 Å². The van der Waals surface area contributed by atoms with Crippen LogP contribution in [0.4, 0.5) is 5.69 Å². The van der Waals surface area contributed by atoms with E-state index in [1.54, 1.807) is 20.4 Å². The van der Waals surface area contributed by atoms with Crippen LogP contribution in [-0.2, 0) is 7.05 Å². The largest absolute Gasteiger partial charge is 0.497 e. The first-order valence-corrected chi connectivity index (χ1v) is 9.41. The SMILES string of the molecule is COc1cc(OC)cc(C(Nc2ccnc3ccc(C)cc23)c2nccn2C)c1. The van der Waals surface area contributed by atoms with Crippen molar-refractivity contribution >= 4 is 16.6 Å². The van der Waals surface area contributed by atoms with E-state index in [4.69, 9.17) is 9.47 Å². The summed E-state index contributed by atoms with van der Waals surface area (Å²) >= 11 is 0. The maximum Gasteiger partial charge on any atom is 0.135 e. The van der Waals surface area contributed by atoms with Gasteiger partial charge in [0.05, 0.1) is 19.7 Å². The Morgan fingerprint density at radius 2 is 1.69 bits per heavy atom. The van der Waals surface area contributed by atoms with Crippen molar-refractivity contribution < 1.29 is 9.47 Å². The van der Waals surface area contributed by atoms with Gasteiger partial charge in [0.15, 0.2) is 0 Å². The molecule has 1 atom stereocenters. The lowest BCUT2D eigenvalue weighted by Gasteiger charge is -2.22. The fourth-order valence-electron chi connectivity index (χ4n) is 3.49. The average molecular weight is 388 g/mol. The zero-order valence-electron chi connectivity index (χ0n) is 17.0. The number of imidazole rings is 1. The minimum Gasteiger partial charge on any atom is -0.497 e. The number of anilines is 1. The molecule has 0 aliphatic heterocycles. The topological polar surface area (TPSA) is 61.2 Å². The van der Waals surface area contributed by atoms with Crippen molar-refractivity contribution in [1.82, 2.24) is 14.5 Å². The highest BCUT2D eigenvalue weighted by Gasteiger charge is 2.21. The van der Waals surface area contributed by atoms with Crippen molar-refractivity contribution in [3.8, 4) is 11.5 Å². The fourth-order valence-corrected chi connectivity index (χ4v) is 3.49. The summed E-state index contributed by atoms with van der Waals surface area (Å²) in [6.45, 7) is 2.08. The van der Waals surface area contributed by atoms with Crippen LogP contribution in [0, 0.1) is 6.92 Å². The lowest BCUT2D eigenvalue weighted by atomic mass is 10.0. The number of fused-ring (bicyclic) bond motifs is 1. The second-order valence-electron chi connectivity index (χ2n) is 7.00. The van der Waals surface area contributed by atoms with Crippen LogP contribution in [0.25, 0.3) is 10.9 Å². The van der Waals surface area contributed by atoms with Gasteiger partial charge in [-0.2, -0.15) is 0 Å². The fraction of sp³-hybridized carbons (Fsp3) is 0.217. The third kappa shape index (κ3) is 3.74. The Labute approximate surface area is 170 Å². The molecule has 6 nitrogen and oxygen atoms in total. The van der Waals surface area contributed by atoms with Gasteiger partial charge < -0.3 is 19.4 Å². The summed E-state index contributed by atoms with van der Waals surface area (Å²) in [4.78, 5) is 9.10. The third-order valence-corrected chi connectivity index (χ3v) is 5.02. The first-order valence-electron chi connectivity index (χ1n) is 9.41. The number of nitrogens with zero attached hydrogens (tertiary/aromatic N) is 3. The maximum atomic E-state index is 5.49. The van der Waals surface area contributed by atoms with E-state index < -0.39 is 0 Å². The highest BCUT2D eigenvalue weighted by Crippen LogP contribution is 2.33. The van der Waals surface area contributed by atoms with Crippen LogP contribution in [0.3, 0.4) is 0 Å². The summed E-state index contributed by atoms with van der Waals surface area (Å²) in [6.07, 6.45) is 5.56. The Morgan fingerprint density at radius 3 is 2.34 bits per heavy atom. The van der Waals surface area contributed by atoms with Gasteiger partial charge in [-0.25, -0.2) is 4.98 Å². The van der Waals surface area contributed by atoms with Crippen molar-refractivity contribution in [3.05, 3.63) is 78.0 Å². The quantitative estimate of drug-likeness (QED) is 0.527. The van der Waals surface area contributed by atoms with Gasteiger partial charge in [0.1, 0.15) is 23.4 Å². The molecule has 0 fully saturated rings. The smallest absolute Gasteiger partial charge is 0.135 e. The van der Waals surface area contributed by atoms with Gasteiger partial charge in [-0.3, -0.25) is 4.98 Å². The highest BCUT2D eigenvalue weighted by atomic mass is 16.5. The highest BCUT2D eigenvalue weighted by molar-refractivity contribution is 5.91. The number of hydrogen-bond donors (Lipinski definition) is 1. The second-order valence-corrected chi connectivity index (χ2v) is 7.00. The van der Waals surface area contributed by atoms with Gasteiger partial charge in [0.25, 0.3) is 0 Å². The molecule has 2 heterocycles. The summed E-state index contributed by atoms with van der Waals surface area (Å²) in [5, 5.41) is 4.75. The molecular weight excluding hydrogens is 364 g/mol. The summed E-state index contributed by atoms with van der Waals surface area (Å²) in [5.41, 5.74) is 4.12. The van der Waals surface area contributed by atoms with E-state index in [-0.39, 0.29) is 6.04 Å². The number of aromatic nitrogens is 3. The molecule has 2 aromatic heterocycles. The van der Waals surface area contributed by atoms with E-state index >= 15 is 0 Å². The predicted molar refractivity (Wildman–Crippen MR) is 115 cm³/mol. The van der Waals surface area contributed by atoms with E-state index in [2.05, 4.69) is 34.3 Å². The number of methoxy groups -OCH3 is 2. The zero-order valence-corrected chi connectivity index (χ0v) is 17.0. The predicted octanol–water partition coefficient (Wildman–Crippen LogP) is 4.50. The Hall–Kier alpha value is -3.54. The Kier molecular flexibility index (Phi) is 5.08. The standard InChI is InChI=1S/C23H24N4O2/c1-15-5-6-20-19(11-15)21(7-8-24-20)26-22(23-25-9-10-27(23)2)16-12-17(28-3)14-18(13-16)29-4/h5-14,22H,1-4H3,(H,24,26). The van der Waals surface area contributed by atoms with E-state index in [0.717, 1.165) is 39.5 Å². The van der Waals surface area contributed by atoms with Crippen molar-refractivity contribution in [2.45, 2.75) is 13.0 Å². The first kappa shape index (κ1) is 18.8. The lowest BCUT2D eigenvalue weighted by molar-refractivity contribution is 0.393. The van der Waals surface area contributed by atoms with Crippen LogP contribution in [0.15, 0.2) is 61.1 Å². The van der Waals surface area contributed by atoms with E-state index in [1.807, 2.05) is 54.3 Å². The van der Waals surface area contributed by atoms with Crippen molar-refractivity contribution in [2.75, 3.05) is 19.5 Å². The number of rotatable bonds is 6. The molecule has 1 unspecified atom stereocenters. The van der Waals surface area contributed by atoms with Gasteiger partial charge in [0, 0.05) is 42.8 Å². The van der Waals surface area contributed by atoms with Crippen molar-refractivity contribution in [2.24, 2.45) is 7.05 Å². The van der Waals surface area contributed by atoms with Crippen LogP contribution in [0.5, 0.6) is 11.5 Å². The minimum atomic E-state index is -0.204. The van der Waals surface area contributed by atoms with Crippen LogP contribution in [0.2, 0.25) is 0 Å². The summed E-state index contributed by atoms with van der Waals surface area (Å²) in [5.74, 6) is 2.35. The number of benzene rings is 2. The Balaban J connectivity index is 1.86. The molecule has 29 heavy (non-hydrogen) atoms. The van der Waals surface area contributed by atoms with E-state index in [9.17, 15) is 0 Å². The molecule has 2 aromatic carbocycles. The minimum absolute atomic E-state index is 0.204. The molecule has 6 heteroatoms.